The number of benzene rings is 2. The van der Waals surface area contributed by atoms with E-state index in [9.17, 15) is 18.0 Å². The van der Waals surface area contributed by atoms with Gasteiger partial charge in [-0.3, -0.25) is 14.2 Å². The summed E-state index contributed by atoms with van der Waals surface area (Å²) in [7, 11) is -3.87. The maximum absolute atomic E-state index is 12.5. The number of nitrogens with zero attached hydrogens (tertiary/aromatic N) is 3. The van der Waals surface area contributed by atoms with Crippen LogP contribution in [0.25, 0.3) is 10.9 Å². The predicted molar refractivity (Wildman–Crippen MR) is 90.7 cm³/mol. The van der Waals surface area contributed by atoms with Crippen LogP contribution in [0.1, 0.15) is 10.4 Å². The first kappa shape index (κ1) is 15.5. The number of fused-ring (bicyclic) bond motifs is 2. The van der Waals surface area contributed by atoms with Crippen LogP contribution in [0.15, 0.2) is 64.5 Å². The van der Waals surface area contributed by atoms with E-state index in [1.165, 1.54) is 23.0 Å². The van der Waals surface area contributed by atoms with E-state index in [1.807, 2.05) is 0 Å². The van der Waals surface area contributed by atoms with Gasteiger partial charge in [0.1, 0.15) is 4.90 Å². The van der Waals surface area contributed by atoms with Crippen LogP contribution in [0.3, 0.4) is 0 Å². The Morgan fingerprint density at radius 3 is 2.44 bits per heavy atom. The van der Waals surface area contributed by atoms with Crippen LogP contribution in [-0.4, -0.2) is 34.7 Å². The second kappa shape index (κ2) is 5.52. The van der Waals surface area contributed by atoms with Gasteiger partial charge in [0.2, 0.25) is 0 Å². The lowest BCUT2D eigenvalue weighted by Crippen LogP contribution is -2.35. The molecule has 1 amide bonds. The van der Waals surface area contributed by atoms with Gasteiger partial charge in [0.15, 0.2) is 0 Å². The first-order chi connectivity index (χ1) is 12.0. The third-order valence-corrected chi connectivity index (χ3v) is 6.03. The number of hydrogen-bond acceptors (Lipinski definition) is 5. The maximum atomic E-state index is 12.5. The quantitative estimate of drug-likeness (QED) is 0.705. The third-order valence-electron chi connectivity index (χ3n) is 4.19. The fourth-order valence-electron chi connectivity index (χ4n) is 2.92. The van der Waals surface area contributed by atoms with E-state index in [0.717, 1.165) is 4.31 Å². The van der Waals surface area contributed by atoms with E-state index in [0.29, 0.717) is 10.9 Å². The first-order valence-corrected chi connectivity index (χ1v) is 9.04. The van der Waals surface area contributed by atoms with Gasteiger partial charge in [-0.2, -0.15) is 0 Å². The summed E-state index contributed by atoms with van der Waals surface area (Å²) in [5.74, 6) is -0.572. The van der Waals surface area contributed by atoms with Crippen LogP contribution in [0.5, 0.6) is 0 Å². The van der Waals surface area contributed by atoms with Gasteiger partial charge in [0, 0.05) is 6.54 Å². The summed E-state index contributed by atoms with van der Waals surface area (Å²) in [4.78, 5) is 29.0. The van der Waals surface area contributed by atoms with Gasteiger partial charge in [-0.15, -0.1) is 0 Å². The number of sulfonamides is 1. The molecule has 0 bridgehead atoms. The highest BCUT2D eigenvalue weighted by Gasteiger charge is 2.40. The lowest BCUT2D eigenvalue weighted by Gasteiger charge is -2.15. The average Bonchev–Trinajstić information content (AvgIpc) is 2.82. The van der Waals surface area contributed by atoms with Crippen molar-refractivity contribution in [1.82, 2.24) is 13.9 Å². The molecule has 1 aliphatic rings. The van der Waals surface area contributed by atoms with Crippen molar-refractivity contribution in [3.05, 3.63) is 70.8 Å². The lowest BCUT2D eigenvalue weighted by molar-refractivity contribution is 0.0868. The SMILES string of the molecule is O=C1c2ccccc2S(=O)(=O)N1CCn1cnc2ccccc2c1=O. The molecule has 8 heteroatoms. The standard InChI is InChI=1S/C17H13N3O4S/c21-16-12-5-1-3-7-14(12)18-11-19(16)9-10-20-17(22)13-6-2-4-8-15(13)25(20,23)24/h1-8,11H,9-10H2. The van der Waals surface area contributed by atoms with E-state index in [4.69, 9.17) is 0 Å². The molecular formula is C17H13N3O4S. The van der Waals surface area contributed by atoms with E-state index < -0.39 is 15.9 Å². The van der Waals surface area contributed by atoms with Crippen LogP contribution < -0.4 is 5.56 Å². The molecule has 0 unspecified atom stereocenters. The van der Waals surface area contributed by atoms with Gasteiger partial charge in [-0.05, 0) is 24.3 Å². The Bertz CT molecular complexity index is 1170. The molecule has 0 radical (unpaired) electrons. The summed E-state index contributed by atoms with van der Waals surface area (Å²) < 4.78 is 27.1. The monoisotopic (exact) mass is 355 g/mol. The van der Waals surface area contributed by atoms with Gasteiger partial charge >= 0.3 is 0 Å². The molecule has 0 saturated heterocycles. The minimum Gasteiger partial charge on any atom is -0.297 e. The van der Waals surface area contributed by atoms with Crippen molar-refractivity contribution in [2.45, 2.75) is 11.4 Å². The Morgan fingerprint density at radius 1 is 0.920 bits per heavy atom. The molecule has 2 aromatic carbocycles. The summed E-state index contributed by atoms with van der Waals surface area (Å²) in [6, 6.07) is 13.0. The molecule has 7 nitrogen and oxygen atoms in total. The Kier molecular flexibility index (Phi) is 3.43. The zero-order valence-electron chi connectivity index (χ0n) is 13.0. The van der Waals surface area contributed by atoms with Crippen LogP contribution in [-0.2, 0) is 16.6 Å². The summed E-state index contributed by atoms with van der Waals surface area (Å²) in [5, 5.41) is 0.448. The fraction of sp³-hybridized carbons (Fsp3) is 0.118. The molecule has 0 atom stereocenters. The van der Waals surface area contributed by atoms with Gasteiger partial charge in [-0.1, -0.05) is 24.3 Å². The highest BCUT2D eigenvalue weighted by Crippen LogP contribution is 2.29. The number of carbonyl (C=O) groups is 1. The summed E-state index contributed by atoms with van der Waals surface area (Å²) in [6.45, 7) is -0.0919. The van der Waals surface area contributed by atoms with Crippen LogP contribution >= 0.6 is 0 Å². The Morgan fingerprint density at radius 2 is 1.64 bits per heavy atom. The Balaban J connectivity index is 1.66. The number of amides is 1. The van der Waals surface area contributed by atoms with Gasteiger partial charge in [-0.25, -0.2) is 17.7 Å². The second-order valence-corrected chi connectivity index (χ2v) is 7.47. The Hall–Kier alpha value is -3.00. The maximum Gasteiger partial charge on any atom is 0.269 e. The predicted octanol–water partition coefficient (Wildman–Crippen LogP) is 1.24. The topological polar surface area (TPSA) is 89.3 Å². The first-order valence-electron chi connectivity index (χ1n) is 7.60. The molecule has 2 heterocycles. The van der Waals surface area contributed by atoms with Crippen LogP contribution in [0, 0.1) is 0 Å². The summed E-state index contributed by atoms with van der Waals surface area (Å²) >= 11 is 0. The van der Waals surface area contributed by atoms with Gasteiger partial charge in [0.25, 0.3) is 21.5 Å². The van der Waals surface area contributed by atoms with Gasteiger partial charge < -0.3 is 0 Å². The van der Waals surface area contributed by atoms with Gasteiger partial charge in [0.05, 0.1) is 29.3 Å². The largest absolute Gasteiger partial charge is 0.297 e. The normalized spacial score (nSPS) is 15.5. The molecule has 0 spiro atoms. The molecule has 0 fully saturated rings. The molecule has 0 aliphatic carbocycles. The van der Waals surface area contributed by atoms with E-state index in [-0.39, 0.29) is 29.1 Å². The summed E-state index contributed by atoms with van der Waals surface area (Å²) in [6.07, 6.45) is 1.37. The molecule has 0 saturated carbocycles. The zero-order valence-corrected chi connectivity index (χ0v) is 13.8. The number of hydrogen-bond donors (Lipinski definition) is 0. The molecule has 3 aromatic rings. The van der Waals surface area contributed by atoms with Crippen molar-refractivity contribution in [1.29, 1.82) is 0 Å². The van der Waals surface area contributed by atoms with Crippen molar-refractivity contribution < 1.29 is 13.2 Å². The van der Waals surface area contributed by atoms with Crippen molar-refractivity contribution in [2.24, 2.45) is 0 Å². The number of rotatable bonds is 3. The lowest BCUT2D eigenvalue weighted by atomic mass is 10.2. The highest BCUT2D eigenvalue weighted by atomic mass is 32.2. The summed E-state index contributed by atoms with van der Waals surface area (Å²) in [5.41, 5.74) is 0.458. The molecular weight excluding hydrogens is 342 g/mol. The van der Waals surface area contributed by atoms with E-state index in [2.05, 4.69) is 4.98 Å². The molecule has 1 aliphatic heterocycles. The van der Waals surface area contributed by atoms with Crippen molar-refractivity contribution >= 4 is 26.8 Å². The molecule has 25 heavy (non-hydrogen) atoms. The zero-order chi connectivity index (χ0) is 17.6. The molecule has 1 aromatic heterocycles. The number of carbonyl (C=O) groups excluding carboxylic acids is 1. The van der Waals surface area contributed by atoms with E-state index in [1.54, 1.807) is 36.4 Å². The minimum absolute atomic E-state index is 0.00369. The fourth-order valence-corrected chi connectivity index (χ4v) is 4.48. The van der Waals surface area contributed by atoms with Crippen molar-refractivity contribution in [3.63, 3.8) is 0 Å². The number of para-hydroxylation sites is 1. The Labute approximate surface area is 143 Å². The molecule has 126 valence electrons. The molecule has 0 N–H and O–H groups in total. The third kappa shape index (κ3) is 2.33. The van der Waals surface area contributed by atoms with Crippen molar-refractivity contribution in [3.8, 4) is 0 Å². The molecule has 4 rings (SSSR count). The highest BCUT2D eigenvalue weighted by molar-refractivity contribution is 7.90. The average molecular weight is 355 g/mol. The number of aromatic nitrogens is 2. The second-order valence-electron chi connectivity index (χ2n) is 5.64. The smallest absolute Gasteiger partial charge is 0.269 e. The van der Waals surface area contributed by atoms with Crippen molar-refractivity contribution in [2.75, 3.05) is 6.54 Å². The minimum atomic E-state index is -3.87. The van der Waals surface area contributed by atoms with Crippen LogP contribution in [0.4, 0.5) is 0 Å². The van der Waals surface area contributed by atoms with Crippen LogP contribution in [0.2, 0.25) is 0 Å². The van der Waals surface area contributed by atoms with E-state index >= 15 is 0 Å².